The van der Waals surface area contributed by atoms with Crippen molar-refractivity contribution in [3.8, 4) is 5.75 Å². The van der Waals surface area contributed by atoms with Crippen LogP contribution in [0.1, 0.15) is 37.5 Å². The third-order valence-electron chi connectivity index (χ3n) is 6.73. The van der Waals surface area contributed by atoms with Gasteiger partial charge in [0.15, 0.2) is 0 Å². The molecule has 0 saturated heterocycles. The van der Waals surface area contributed by atoms with Crippen LogP contribution in [0.2, 0.25) is 5.02 Å². The quantitative estimate of drug-likeness (QED) is 0.219. The third kappa shape index (κ3) is 8.02. The number of nitro benzene ring substituents is 1. The minimum Gasteiger partial charge on any atom is -0.495 e. The Bertz CT molecular complexity index is 1610. The van der Waals surface area contributed by atoms with Gasteiger partial charge in [0.2, 0.25) is 11.8 Å². The molecule has 0 saturated carbocycles. The smallest absolute Gasteiger partial charge is 0.273 e. The van der Waals surface area contributed by atoms with E-state index in [1.54, 1.807) is 20.8 Å². The average Bonchev–Trinajstić information content (AvgIpc) is 2.94. The Morgan fingerprint density at radius 3 is 2.26 bits per heavy atom. The average molecular weight is 631 g/mol. The van der Waals surface area contributed by atoms with Gasteiger partial charge in [-0.2, -0.15) is 0 Å². The maximum absolute atomic E-state index is 14.2. The molecule has 11 nitrogen and oxygen atoms in total. The summed E-state index contributed by atoms with van der Waals surface area (Å²) in [6.07, 6.45) is 0. The molecule has 0 aliphatic carbocycles. The summed E-state index contributed by atoms with van der Waals surface area (Å²) in [6, 6.07) is 14.0. The number of anilines is 1. The predicted octanol–water partition coefficient (Wildman–Crippen LogP) is 5.01. The van der Waals surface area contributed by atoms with Crippen LogP contribution in [0.3, 0.4) is 0 Å². The molecule has 0 aromatic heterocycles. The normalized spacial score (nSPS) is 12.0. The Morgan fingerprint density at radius 1 is 1.02 bits per heavy atom. The Hall–Kier alpha value is -4.16. The Kier molecular flexibility index (Phi) is 10.8. The van der Waals surface area contributed by atoms with Gasteiger partial charge < -0.3 is 15.0 Å². The highest BCUT2D eigenvalue weighted by Crippen LogP contribution is 2.36. The van der Waals surface area contributed by atoms with E-state index in [4.69, 9.17) is 16.3 Å². The van der Waals surface area contributed by atoms with E-state index in [2.05, 4.69) is 5.32 Å². The van der Waals surface area contributed by atoms with Crippen molar-refractivity contribution in [2.24, 2.45) is 0 Å². The van der Waals surface area contributed by atoms with Crippen molar-refractivity contribution in [1.82, 2.24) is 10.2 Å². The molecule has 0 radical (unpaired) electrons. The van der Waals surface area contributed by atoms with Crippen molar-refractivity contribution in [1.29, 1.82) is 0 Å². The Morgan fingerprint density at radius 2 is 1.67 bits per heavy atom. The molecule has 0 fully saturated rings. The number of benzene rings is 3. The molecule has 0 unspecified atom stereocenters. The Labute approximate surface area is 256 Å². The largest absolute Gasteiger partial charge is 0.495 e. The van der Waals surface area contributed by atoms with Crippen LogP contribution in [0.4, 0.5) is 11.4 Å². The molecule has 3 aromatic carbocycles. The van der Waals surface area contributed by atoms with Gasteiger partial charge in [-0.25, -0.2) is 8.42 Å². The van der Waals surface area contributed by atoms with E-state index in [1.165, 1.54) is 49.3 Å². The van der Waals surface area contributed by atoms with Crippen LogP contribution in [0.25, 0.3) is 0 Å². The second-order valence-electron chi connectivity index (χ2n) is 10.4. The van der Waals surface area contributed by atoms with E-state index < -0.39 is 49.9 Å². The fraction of sp³-hybridized carbons (Fsp3) is 0.333. The van der Waals surface area contributed by atoms with Gasteiger partial charge in [-0.05, 0) is 64.4 Å². The molecule has 0 bridgehead atoms. The van der Waals surface area contributed by atoms with Crippen molar-refractivity contribution in [2.45, 2.75) is 58.1 Å². The van der Waals surface area contributed by atoms with Crippen LogP contribution in [0, 0.1) is 24.0 Å². The fourth-order valence-electron chi connectivity index (χ4n) is 4.32. The number of halogens is 1. The number of carbonyl (C=O) groups is 2. The van der Waals surface area contributed by atoms with Crippen LogP contribution in [-0.2, 0) is 26.2 Å². The topological polar surface area (TPSA) is 139 Å². The van der Waals surface area contributed by atoms with E-state index in [1.807, 2.05) is 31.2 Å². The van der Waals surface area contributed by atoms with Gasteiger partial charge in [-0.15, -0.1) is 0 Å². The summed E-state index contributed by atoms with van der Waals surface area (Å²) in [6.45, 7) is 7.80. The number of nitro groups is 1. The number of aryl methyl sites for hydroxylation is 2. The van der Waals surface area contributed by atoms with Crippen molar-refractivity contribution >= 4 is 44.8 Å². The maximum atomic E-state index is 14.2. The van der Waals surface area contributed by atoms with Gasteiger partial charge >= 0.3 is 0 Å². The zero-order chi connectivity index (χ0) is 32.1. The molecule has 3 rings (SSSR count). The van der Waals surface area contributed by atoms with Gasteiger partial charge in [0.25, 0.3) is 15.7 Å². The standard InChI is InChI=1S/C30H35ClN4O7S/c1-19(2)32-30(37)22(5)33(17-23-10-7-20(3)8-11-23)29(36)18-34(27-15-24(31)12-14-28(27)42-6)43(40,41)25-13-9-21(4)26(16-25)35(38)39/h7-16,19,22H,17-18H2,1-6H3,(H,32,37)/t22-/m1/s1. The van der Waals surface area contributed by atoms with Crippen molar-refractivity contribution in [3.63, 3.8) is 0 Å². The van der Waals surface area contributed by atoms with Crippen LogP contribution in [0.5, 0.6) is 5.75 Å². The summed E-state index contributed by atoms with van der Waals surface area (Å²) >= 11 is 6.25. The lowest BCUT2D eigenvalue weighted by Gasteiger charge is -2.32. The minimum atomic E-state index is -4.61. The molecule has 3 aromatic rings. The monoisotopic (exact) mass is 630 g/mol. The summed E-state index contributed by atoms with van der Waals surface area (Å²) in [5, 5.41) is 14.6. The molecule has 0 heterocycles. The highest BCUT2D eigenvalue weighted by Gasteiger charge is 2.35. The van der Waals surface area contributed by atoms with Gasteiger partial charge in [0.1, 0.15) is 18.3 Å². The lowest BCUT2D eigenvalue weighted by Crippen LogP contribution is -2.52. The highest BCUT2D eigenvalue weighted by atomic mass is 35.5. The molecular formula is C30H35ClN4O7S. The van der Waals surface area contributed by atoms with Gasteiger partial charge in [-0.3, -0.25) is 24.0 Å². The number of nitrogens with zero attached hydrogens (tertiary/aromatic N) is 3. The maximum Gasteiger partial charge on any atom is 0.273 e. The fourth-order valence-corrected chi connectivity index (χ4v) is 5.93. The van der Waals surface area contributed by atoms with Crippen LogP contribution >= 0.6 is 11.6 Å². The highest BCUT2D eigenvalue weighted by molar-refractivity contribution is 7.92. The summed E-state index contributed by atoms with van der Waals surface area (Å²) in [4.78, 5) is 39.0. The lowest BCUT2D eigenvalue weighted by molar-refractivity contribution is -0.385. The summed E-state index contributed by atoms with van der Waals surface area (Å²) < 4.78 is 34.5. The van der Waals surface area contributed by atoms with Crippen LogP contribution < -0.4 is 14.4 Å². The SMILES string of the molecule is COc1ccc(Cl)cc1N(CC(=O)N(Cc1ccc(C)cc1)[C@H](C)C(=O)NC(C)C)S(=O)(=O)c1ccc(C)c([N+](=O)[O-])c1. The molecule has 230 valence electrons. The molecule has 0 aliphatic rings. The van der Waals surface area contributed by atoms with E-state index in [0.29, 0.717) is 0 Å². The second kappa shape index (κ2) is 13.9. The summed E-state index contributed by atoms with van der Waals surface area (Å²) in [5.41, 5.74) is 1.55. The number of carbonyl (C=O) groups excluding carboxylic acids is 2. The molecule has 1 atom stereocenters. The zero-order valence-corrected chi connectivity index (χ0v) is 26.4. The predicted molar refractivity (Wildman–Crippen MR) is 165 cm³/mol. The third-order valence-corrected chi connectivity index (χ3v) is 8.72. The number of amides is 2. The number of ether oxygens (including phenoxy) is 1. The molecule has 0 aliphatic heterocycles. The van der Waals surface area contributed by atoms with Gasteiger partial charge in [0.05, 0.1) is 22.6 Å². The van der Waals surface area contributed by atoms with E-state index in [0.717, 1.165) is 21.5 Å². The number of sulfonamides is 1. The van der Waals surface area contributed by atoms with E-state index in [9.17, 15) is 28.1 Å². The first-order valence-electron chi connectivity index (χ1n) is 13.4. The lowest BCUT2D eigenvalue weighted by atomic mass is 10.1. The first-order valence-corrected chi connectivity index (χ1v) is 15.2. The first kappa shape index (κ1) is 33.3. The number of hydrogen-bond donors (Lipinski definition) is 1. The van der Waals surface area contributed by atoms with Crippen molar-refractivity contribution in [3.05, 3.63) is 92.5 Å². The Balaban J connectivity index is 2.16. The van der Waals surface area contributed by atoms with Crippen LogP contribution in [-0.4, -0.2) is 55.8 Å². The number of hydrogen-bond acceptors (Lipinski definition) is 7. The number of rotatable bonds is 12. The zero-order valence-electron chi connectivity index (χ0n) is 24.8. The summed E-state index contributed by atoms with van der Waals surface area (Å²) in [5.74, 6) is -1.02. The minimum absolute atomic E-state index is 0.0162. The molecule has 2 amide bonds. The molecular weight excluding hydrogens is 596 g/mol. The van der Waals surface area contributed by atoms with Gasteiger partial charge in [-0.1, -0.05) is 47.5 Å². The van der Waals surface area contributed by atoms with Crippen molar-refractivity contribution < 1.29 is 27.7 Å². The molecule has 1 N–H and O–H groups in total. The summed E-state index contributed by atoms with van der Waals surface area (Å²) in [7, 11) is -3.27. The van der Waals surface area contributed by atoms with Gasteiger partial charge in [0, 0.05) is 29.2 Å². The first-order chi connectivity index (χ1) is 20.1. The van der Waals surface area contributed by atoms with E-state index >= 15 is 0 Å². The van der Waals surface area contributed by atoms with E-state index in [-0.39, 0.29) is 34.6 Å². The number of methoxy groups -OCH3 is 1. The molecule has 13 heteroatoms. The second-order valence-corrected chi connectivity index (χ2v) is 12.7. The van der Waals surface area contributed by atoms with Crippen LogP contribution in [0.15, 0.2) is 65.6 Å². The molecule has 0 spiro atoms. The molecule has 43 heavy (non-hydrogen) atoms. The number of nitrogens with one attached hydrogen (secondary N) is 1. The van der Waals surface area contributed by atoms with Crippen molar-refractivity contribution in [2.75, 3.05) is 18.0 Å².